The number of nitrogens with zero attached hydrogens (tertiary/aromatic N) is 2. The van der Waals surface area contributed by atoms with Gasteiger partial charge in [0.15, 0.2) is 0 Å². The number of H-pyrrole nitrogens is 1. The molecule has 0 bridgehead atoms. The number of aromatic amines is 1. The van der Waals surface area contributed by atoms with Crippen LogP contribution in [0.2, 0.25) is 0 Å². The molecular weight excluding hydrogens is 184 g/mol. The van der Waals surface area contributed by atoms with Crippen LogP contribution in [0.15, 0.2) is 18.5 Å². The molecule has 2 heterocycles. The minimum atomic E-state index is 0.652. The highest BCUT2D eigenvalue weighted by Gasteiger charge is 2.07. The normalized spacial score (nSPS) is 10.5. The summed E-state index contributed by atoms with van der Waals surface area (Å²) in [4.78, 5) is 1.14. The van der Waals surface area contributed by atoms with Crippen molar-refractivity contribution in [2.75, 3.05) is 6.54 Å². The molecule has 2 rings (SSSR count). The first-order valence-electron chi connectivity index (χ1n) is 4.05. The van der Waals surface area contributed by atoms with Crippen LogP contribution in [0.25, 0.3) is 10.6 Å². The van der Waals surface area contributed by atoms with Gasteiger partial charge in [-0.25, -0.2) is 4.37 Å². The van der Waals surface area contributed by atoms with Crippen LogP contribution in [-0.4, -0.2) is 21.1 Å². The third kappa shape index (κ3) is 1.61. The van der Waals surface area contributed by atoms with E-state index in [1.807, 2.05) is 12.3 Å². The first-order valence-corrected chi connectivity index (χ1v) is 4.82. The Bertz CT molecular complexity index is 365. The van der Waals surface area contributed by atoms with Gasteiger partial charge < -0.3 is 5.73 Å². The second-order valence-electron chi connectivity index (χ2n) is 2.69. The molecule has 0 aromatic carbocycles. The molecule has 0 amide bonds. The average Bonchev–Trinajstić information content (AvgIpc) is 2.71. The minimum Gasteiger partial charge on any atom is -0.330 e. The molecule has 3 N–H and O–H groups in total. The number of hydrogen-bond acceptors (Lipinski definition) is 4. The van der Waals surface area contributed by atoms with Crippen molar-refractivity contribution in [1.29, 1.82) is 0 Å². The Labute approximate surface area is 80.0 Å². The maximum absolute atomic E-state index is 5.49. The molecule has 0 radical (unpaired) electrons. The van der Waals surface area contributed by atoms with E-state index in [2.05, 4.69) is 14.6 Å². The van der Waals surface area contributed by atoms with E-state index in [9.17, 15) is 0 Å². The summed E-state index contributed by atoms with van der Waals surface area (Å²) in [5, 5.41) is 6.82. The van der Waals surface area contributed by atoms with Crippen molar-refractivity contribution in [1.82, 2.24) is 14.6 Å². The van der Waals surface area contributed by atoms with Crippen LogP contribution in [0.3, 0.4) is 0 Å². The van der Waals surface area contributed by atoms with Crippen molar-refractivity contribution in [3.8, 4) is 10.6 Å². The second-order valence-corrected chi connectivity index (χ2v) is 3.49. The minimum absolute atomic E-state index is 0.652. The molecule has 4 nitrogen and oxygen atoms in total. The number of aromatic nitrogens is 3. The smallest absolute Gasteiger partial charge is 0.0768 e. The molecule has 0 aliphatic carbocycles. The lowest BCUT2D eigenvalue weighted by Gasteiger charge is -1.96. The molecule has 0 aliphatic rings. The summed E-state index contributed by atoms with van der Waals surface area (Å²) in [5.74, 6) is 0. The van der Waals surface area contributed by atoms with Gasteiger partial charge in [-0.3, -0.25) is 5.10 Å². The molecule has 0 unspecified atom stereocenters. The Morgan fingerprint density at radius 3 is 3.15 bits per heavy atom. The predicted molar refractivity (Wildman–Crippen MR) is 52.5 cm³/mol. The highest BCUT2D eigenvalue weighted by molar-refractivity contribution is 7.09. The van der Waals surface area contributed by atoms with Gasteiger partial charge in [0.2, 0.25) is 0 Å². The van der Waals surface area contributed by atoms with Gasteiger partial charge >= 0.3 is 0 Å². The molecule has 0 spiro atoms. The lowest BCUT2D eigenvalue weighted by molar-refractivity contribution is 0.970. The highest BCUT2D eigenvalue weighted by atomic mass is 32.1. The topological polar surface area (TPSA) is 67.6 Å². The van der Waals surface area contributed by atoms with Crippen molar-refractivity contribution >= 4 is 11.5 Å². The Morgan fingerprint density at radius 2 is 2.46 bits per heavy atom. The summed E-state index contributed by atoms with van der Waals surface area (Å²) in [5.41, 5.74) is 7.70. The summed E-state index contributed by atoms with van der Waals surface area (Å²) < 4.78 is 4.14. The maximum atomic E-state index is 5.49. The quantitative estimate of drug-likeness (QED) is 0.767. The van der Waals surface area contributed by atoms with E-state index in [0.717, 1.165) is 17.0 Å². The van der Waals surface area contributed by atoms with Gasteiger partial charge in [-0.1, -0.05) is 0 Å². The fourth-order valence-electron chi connectivity index (χ4n) is 1.20. The molecule has 0 aliphatic heterocycles. The van der Waals surface area contributed by atoms with E-state index >= 15 is 0 Å². The number of rotatable bonds is 3. The average molecular weight is 194 g/mol. The van der Waals surface area contributed by atoms with Crippen LogP contribution < -0.4 is 5.73 Å². The number of hydrogen-bond donors (Lipinski definition) is 2. The van der Waals surface area contributed by atoms with E-state index in [4.69, 9.17) is 5.73 Å². The van der Waals surface area contributed by atoms with Crippen LogP contribution in [0.1, 0.15) is 5.56 Å². The van der Waals surface area contributed by atoms with Gasteiger partial charge in [0.1, 0.15) is 0 Å². The Balaban J connectivity index is 2.35. The molecule has 68 valence electrons. The zero-order chi connectivity index (χ0) is 9.10. The van der Waals surface area contributed by atoms with E-state index in [-0.39, 0.29) is 0 Å². The van der Waals surface area contributed by atoms with Crippen LogP contribution in [0.4, 0.5) is 0 Å². The second kappa shape index (κ2) is 3.68. The van der Waals surface area contributed by atoms with Crippen molar-refractivity contribution in [3.05, 3.63) is 24.0 Å². The van der Waals surface area contributed by atoms with Crippen molar-refractivity contribution in [2.45, 2.75) is 6.42 Å². The largest absolute Gasteiger partial charge is 0.330 e. The van der Waals surface area contributed by atoms with Crippen molar-refractivity contribution in [2.24, 2.45) is 5.73 Å². The SMILES string of the molecule is NCCc1cnsc1-c1ccn[nH]1. The first kappa shape index (κ1) is 8.40. The summed E-state index contributed by atoms with van der Waals surface area (Å²) >= 11 is 1.47. The van der Waals surface area contributed by atoms with Crippen LogP contribution in [0.5, 0.6) is 0 Å². The van der Waals surface area contributed by atoms with E-state index in [0.29, 0.717) is 6.54 Å². The van der Waals surface area contributed by atoms with Crippen LogP contribution in [0, 0.1) is 0 Å². The van der Waals surface area contributed by atoms with Gasteiger partial charge in [0.25, 0.3) is 0 Å². The molecule has 2 aromatic heterocycles. The molecule has 0 saturated heterocycles. The third-order valence-electron chi connectivity index (χ3n) is 1.80. The third-order valence-corrected chi connectivity index (χ3v) is 2.68. The monoisotopic (exact) mass is 194 g/mol. The fraction of sp³-hybridized carbons (Fsp3) is 0.250. The summed E-state index contributed by atoms with van der Waals surface area (Å²) in [6.45, 7) is 0.652. The molecule has 2 aromatic rings. The van der Waals surface area contributed by atoms with Gasteiger partial charge in [0, 0.05) is 12.4 Å². The summed E-state index contributed by atoms with van der Waals surface area (Å²) in [6.07, 6.45) is 4.47. The standard InChI is InChI=1S/C8H10N4S/c9-3-1-6-5-11-13-8(6)7-2-4-10-12-7/h2,4-5H,1,3,9H2,(H,10,12). The van der Waals surface area contributed by atoms with E-state index < -0.39 is 0 Å². The van der Waals surface area contributed by atoms with Crippen LogP contribution >= 0.6 is 11.5 Å². The molecule has 13 heavy (non-hydrogen) atoms. The summed E-state index contributed by atoms with van der Waals surface area (Å²) in [7, 11) is 0. The first-order chi connectivity index (χ1) is 6.42. The zero-order valence-electron chi connectivity index (χ0n) is 7.03. The maximum Gasteiger partial charge on any atom is 0.0768 e. The highest BCUT2D eigenvalue weighted by Crippen LogP contribution is 2.25. The Kier molecular flexibility index (Phi) is 2.37. The zero-order valence-corrected chi connectivity index (χ0v) is 7.84. The molecule has 5 heteroatoms. The molecule has 0 saturated carbocycles. The Morgan fingerprint density at radius 1 is 1.54 bits per heavy atom. The van der Waals surface area contributed by atoms with Crippen LogP contribution in [-0.2, 0) is 6.42 Å². The predicted octanol–water partition coefficient (Wildman–Crippen LogP) is 1.03. The number of nitrogens with two attached hydrogens (primary N) is 1. The Hall–Kier alpha value is -1.20. The molecule has 0 atom stereocenters. The van der Waals surface area contributed by atoms with Gasteiger partial charge in [0.05, 0.1) is 10.6 Å². The van der Waals surface area contributed by atoms with E-state index in [1.54, 1.807) is 6.20 Å². The lowest BCUT2D eigenvalue weighted by atomic mass is 10.2. The lowest BCUT2D eigenvalue weighted by Crippen LogP contribution is -2.02. The van der Waals surface area contributed by atoms with Gasteiger partial charge in [-0.05, 0) is 36.1 Å². The molecule has 0 fully saturated rings. The van der Waals surface area contributed by atoms with Crippen molar-refractivity contribution in [3.63, 3.8) is 0 Å². The van der Waals surface area contributed by atoms with Gasteiger partial charge in [-0.15, -0.1) is 0 Å². The number of nitrogens with one attached hydrogen (secondary N) is 1. The van der Waals surface area contributed by atoms with Gasteiger partial charge in [-0.2, -0.15) is 5.10 Å². The van der Waals surface area contributed by atoms with Crippen molar-refractivity contribution < 1.29 is 0 Å². The van der Waals surface area contributed by atoms with E-state index in [1.165, 1.54) is 17.1 Å². The molecular formula is C8H10N4S. The fourth-order valence-corrected chi connectivity index (χ4v) is 1.97. The summed E-state index contributed by atoms with van der Waals surface area (Å²) in [6, 6.07) is 1.94.